The molecule has 6 nitrogen and oxygen atoms in total. The van der Waals surface area contributed by atoms with Gasteiger partial charge in [-0.15, -0.1) is 0 Å². The Morgan fingerprint density at radius 2 is 2.35 bits per heavy atom. The van der Waals surface area contributed by atoms with E-state index in [9.17, 15) is 9.59 Å². The highest BCUT2D eigenvalue weighted by Gasteiger charge is 2.34. The maximum Gasteiger partial charge on any atom is 0.244 e. The third-order valence-electron chi connectivity index (χ3n) is 3.48. The number of ether oxygens (including phenoxy) is 1. The van der Waals surface area contributed by atoms with Crippen molar-refractivity contribution in [2.75, 3.05) is 27.2 Å². The zero-order valence-electron chi connectivity index (χ0n) is 10.2. The molecule has 0 aromatic heterocycles. The second-order valence-electron chi connectivity index (χ2n) is 4.66. The van der Waals surface area contributed by atoms with E-state index in [-0.39, 0.29) is 30.0 Å². The summed E-state index contributed by atoms with van der Waals surface area (Å²) in [5.41, 5.74) is 0. The monoisotopic (exact) mass is 241 g/mol. The molecule has 0 saturated carbocycles. The van der Waals surface area contributed by atoms with Gasteiger partial charge in [0.2, 0.25) is 11.8 Å². The van der Waals surface area contributed by atoms with Gasteiger partial charge in [0, 0.05) is 27.2 Å². The zero-order chi connectivity index (χ0) is 12.4. The summed E-state index contributed by atoms with van der Waals surface area (Å²) in [6.07, 6.45) is 1.45. The van der Waals surface area contributed by atoms with Crippen LogP contribution in [0.25, 0.3) is 0 Å². The number of nitrogens with one attached hydrogen (secondary N) is 2. The predicted octanol–water partition coefficient (Wildman–Crippen LogP) is -1.29. The van der Waals surface area contributed by atoms with Gasteiger partial charge < -0.3 is 20.3 Å². The molecule has 2 amide bonds. The Hall–Kier alpha value is -1.14. The molecule has 2 fully saturated rings. The van der Waals surface area contributed by atoms with Crippen LogP contribution in [0.15, 0.2) is 0 Å². The average Bonchev–Trinajstić information content (AvgIpc) is 2.91. The Balaban J connectivity index is 1.84. The van der Waals surface area contributed by atoms with E-state index in [0.29, 0.717) is 25.9 Å². The molecule has 2 aliphatic heterocycles. The highest BCUT2D eigenvalue weighted by molar-refractivity contribution is 5.91. The molecular formula is C11H19N3O3. The van der Waals surface area contributed by atoms with E-state index in [2.05, 4.69) is 10.6 Å². The van der Waals surface area contributed by atoms with Crippen molar-refractivity contribution in [3.63, 3.8) is 0 Å². The van der Waals surface area contributed by atoms with Gasteiger partial charge in [0.05, 0.1) is 12.1 Å². The number of nitrogens with zero attached hydrogens (tertiary/aromatic N) is 1. The van der Waals surface area contributed by atoms with Gasteiger partial charge in [-0.3, -0.25) is 9.59 Å². The fraction of sp³-hybridized carbons (Fsp3) is 0.818. The van der Waals surface area contributed by atoms with Gasteiger partial charge in [-0.05, 0) is 12.8 Å². The lowest BCUT2D eigenvalue weighted by Gasteiger charge is -2.15. The second-order valence-corrected chi connectivity index (χ2v) is 4.66. The average molecular weight is 241 g/mol. The molecule has 2 saturated heterocycles. The first-order valence-corrected chi connectivity index (χ1v) is 5.93. The number of carbonyl (C=O) groups is 2. The molecule has 6 heteroatoms. The van der Waals surface area contributed by atoms with Crippen molar-refractivity contribution < 1.29 is 14.3 Å². The summed E-state index contributed by atoms with van der Waals surface area (Å²) in [5.74, 6) is -0.0992. The molecule has 2 aliphatic rings. The number of rotatable bonds is 3. The van der Waals surface area contributed by atoms with Gasteiger partial charge >= 0.3 is 0 Å². The molecule has 0 aromatic carbocycles. The van der Waals surface area contributed by atoms with Crippen LogP contribution in [0.1, 0.15) is 12.8 Å². The van der Waals surface area contributed by atoms with Gasteiger partial charge in [0.25, 0.3) is 0 Å². The molecule has 0 aromatic rings. The minimum atomic E-state index is -0.351. The zero-order valence-corrected chi connectivity index (χ0v) is 10.2. The summed E-state index contributed by atoms with van der Waals surface area (Å²) < 4.78 is 5.18. The van der Waals surface area contributed by atoms with Crippen LogP contribution in [-0.4, -0.2) is 62.1 Å². The number of likely N-dealkylation sites (N-methyl/N-ethyl adjacent to an activating group) is 1. The molecule has 2 N–H and O–H groups in total. The second kappa shape index (κ2) is 5.01. The summed E-state index contributed by atoms with van der Waals surface area (Å²) in [6.45, 7) is 1.40. The fourth-order valence-corrected chi connectivity index (χ4v) is 2.31. The summed E-state index contributed by atoms with van der Waals surface area (Å²) >= 11 is 0. The van der Waals surface area contributed by atoms with Crippen LogP contribution < -0.4 is 10.6 Å². The molecule has 3 unspecified atom stereocenters. The van der Waals surface area contributed by atoms with Gasteiger partial charge in [-0.25, -0.2) is 0 Å². The molecule has 0 aliphatic carbocycles. The van der Waals surface area contributed by atoms with E-state index < -0.39 is 0 Å². The lowest BCUT2D eigenvalue weighted by atomic mass is 10.1. The standard InChI is InChI=1S/C11H19N3O3/c1-14-4-3-8(11(14)16)13-10(15)9-5-7(17-2)6-12-9/h7-9,12H,3-6H2,1-2H3,(H,13,15). The highest BCUT2D eigenvalue weighted by Crippen LogP contribution is 2.12. The normalized spacial score (nSPS) is 33.2. The van der Waals surface area contributed by atoms with Crippen LogP contribution in [0.5, 0.6) is 0 Å². The maximum atomic E-state index is 11.9. The number of amides is 2. The summed E-state index contributed by atoms with van der Waals surface area (Å²) in [6, 6.07) is -0.588. The van der Waals surface area contributed by atoms with Gasteiger partial charge in [0.1, 0.15) is 6.04 Å². The van der Waals surface area contributed by atoms with Crippen LogP contribution >= 0.6 is 0 Å². The van der Waals surface area contributed by atoms with E-state index in [1.165, 1.54) is 0 Å². The molecule has 0 radical (unpaired) electrons. The number of likely N-dealkylation sites (tertiary alicyclic amines) is 1. The molecule has 0 bridgehead atoms. The Kier molecular flexibility index (Phi) is 3.63. The highest BCUT2D eigenvalue weighted by atomic mass is 16.5. The van der Waals surface area contributed by atoms with Crippen molar-refractivity contribution in [3.8, 4) is 0 Å². The Bertz CT molecular complexity index is 321. The Morgan fingerprint density at radius 1 is 1.59 bits per heavy atom. The van der Waals surface area contributed by atoms with Crippen LogP contribution in [-0.2, 0) is 14.3 Å². The van der Waals surface area contributed by atoms with E-state index in [4.69, 9.17) is 4.74 Å². The van der Waals surface area contributed by atoms with Gasteiger partial charge in [-0.2, -0.15) is 0 Å². The van der Waals surface area contributed by atoms with Crippen molar-refractivity contribution in [1.82, 2.24) is 15.5 Å². The lowest BCUT2D eigenvalue weighted by Crippen LogP contribution is -2.47. The summed E-state index contributed by atoms with van der Waals surface area (Å²) in [5, 5.41) is 5.89. The third-order valence-corrected chi connectivity index (χ3v) is 3.48. The molecule has 0 spiro atoms. The SMILES string of the molecule is COC1CNC(C(=O)NC2CCN(C)C2=O)C1. The Morgan fingerprint density at radius 3 is 2.88 bits per heavy atom. The summed E-state index contributed by atoms with van der Waals surface area (Å²) in [7, 11) is 3.39. The quantitative estimate of drug-likeness (QED) is 0.645. The van der Waals surface area contributed by atoms with Gasteiger partial charge in [-0.1, -0.05) is 0 Å². The maximum absolute atomic E-state index is 11.9. The molecule has 2 rings (SSSR count). The molecule has 2 heterocycles. The van der Waals surface area contributed by atoms with E-state index >= 15 is 0 Å². The number of hydrogen-bond acceptors (Lipinski definition) is 4. The van der Waals surface area contributed by atoms with Crippen LogP contribution in [0.2, 0.25) is 0 Å². The minimum absolute atomic E-state index is 0.000335. The van der Waals surface area contributed by atoms with Crippen LogP contribution in [0, 0.1) is 0 Å². The van der Waals surface area contributed by atoms with E-state index in [1.54, 1.807) is 19.1 Å². The van der Waals surface area contributed by atoms with Crippen molar-refractivity contribution in [2.45, 2.75) is 31.0 Å². The first-order valence-electron chi connectivity index (χ1n) is 5.93. The fourth-order valence-electron chi connectivity index (χ4n) is 2.31. The van der Waals surface area contributed by atoms with Gasteiger partial charge in [0.15, 0.2) is 0 Å². The Labute approximate surface area is 101 Å². The van der Waals surface area contributed by atoms with Crippen LogP contribution in [0.4, 0.5) is 0 Å². The van der Waals surface area contributed by atoms with Crippen molar-refractivity contribution in [1.29, 1.82) is 0 Å². The third kappa shape index (κ3) is 2.58. The molecular weight excluding hydrogens is 222 g/mol. The number of carbonyl (C=O) groups excluding carboxylic acids is 2. The van der Waals surface area contributed by atoms with E-state index in [0.717, 1.165) is 0 Å². The van der Waals surface area contributed by atoms with Crippen LogP contribution in [0.3, 0.4) is 0 Å². The lowest BCUT2D eigenvalue weighted by molar-refractivity contribution is -0.132. The molecule has 3 atom stereocenters. The van der Waals surface area contributed by atoms with E-state index in [1.807, 2.05) is 0 Å². The number of methoxy groups -OCH3 is 1. The van der Waals surface area contributed by atoms with Crippen molar-refractivity contribution in [2.24, 2.45) is 0 Å². The molecule has 96 valence electrons. The smallest absolute Gasteiger partial charge is 0.244 e. The largest absolute Gasteiger partial charge is 0.380 e. The van der Waals surface area contributed by atoms with Crippen molar-refractivity contribution >= 4 is 11.8 Å². The minimum Gasteiger partial charge on any atom is -0.380 e. The molecule has 17 heavy (non-hydrogen) atoms. The number of hydrogen-bond donors (Lipinski definition) is 2. The topological polar surface area (TPSA) is 70.7 Å². The predicted molar refractivity (Wildman–Crippen MR) is 61.4 cm³/mol. The first-order chi connectivity index (χ1) is 8.11. The summed E-state index contributed by atoms with van der Waals surface area (Å²) in [4.78, 5) is 25.2. The van der Waals surface area contributed by atoms with Crippen molar-refractivity contribution in [3.05, 3.63) is 0 Å². The first kappa shape index (κ1) is 12.3.